The molecule has 5 N–H and O–H groups in total. The lowest BCUT2D eigenvalue weighted by Crippen LogP contribution is -2.18. The summed E-state index contributed by atoms with van der Waals surface area (Å²) in [5, 5.41) is 24.3. The number of methoxy groups -OCH3 is 1. The van der Waals surface area contributed by atoms with Gasteiger partial charge >= 0.3 is 5.69 Å². The van der Waals surface area contributed by atoms with Crippen LogP contribution >= 0.6 is 0 Å². The Labute approximate surface area is 198 Å². The molecule has 1 atom stereocenters. The molecule has 4 aromatic rings. The Hall–Kier alpha value is -5.05. The van der Waals surface area contributed by atoms with E-state index in [1.54, 1.807) is 30.3 Å². The zero-order valence-corrected chi connectivity index (χ0v) is 18.5. The maximum atomic E-state index is 14.7. The van der Waals surface area contributed by atoms with Crippen molar-refractivity contribution >= 4 is 11.5 Å². The zero-order valence-electron chi connectivity index (χ0n) is 18.5. The number of hydrogen-bond donors (Lipinski definition) is 4. The van der Waals surface area contributed by atoms with Crippen molar-refractivity contribution in [3.63, 3.8) is 0 Å². The van der Waals surface area contributed by atoms with Crippen molar-refractivity contribution in [1.29, 1.82) is 10.7 Å². The Kier molecular flexibility index (Phi) is 6.50. The number of H-pyrrole nitrogens is 1. The number of aromatic amines is 1. The molecule has 1 unspecified atom stereocenters. The zero-order chi connectivity index (χ0) is 24.9. The second kappa shape index (κ2) is 9.84. The van der Waals surface area contributed by atoms with Crippen LogP contribution in [0.25, 0.3) is 5.95 Å². The van der Waals surface area contributed by atoms with Crippen LogP contribution in [-0.2, 0) is 6.42 Å². The summed E-state index contributed by atoms with van der Waals surface area (Å²) in [6.45, 7) is 0. The SMILES string of the molecule is COc1cc(C(Nc2ccc(C(=N)N)cc2)c2nn(-c3ncccn3)c(=O)[nH]2)cc(CC#N)c1F. The first-order valence-electron chi connectivity index (χ1n) is 10.3. The van der Waals surface area contributed by atoms with Crippen molar-refractivity contribution in [3.8, 4) is 17.8 Å². The lowest BCUT2D eigenvalue weighted by molar-refractivity contribution is 0.384. The summed E-state index contributed by atoms with van der Waals surface area (Å²) < 4.78 is 20.9. The summed E-state index contributed by atoms with van der Waals surface area (Å²) in [7, 11) is 1.32. The van der Waals surface area contributed by atoms with E-state index in [1.807, 2.05) is 6.07 Å². The van der Waals surface area contributed by atoms with E-state index in [0.29, 0.717) is 16.8 Å². The highest BCUT2D eigenvalue weighted by Gasteiger charge is 2.24. The minimum atomic E-state index is -0.789. The van der Waals surface area contributed by atoms with E-state index in [4.69, 9.17) is 21.1 Å². The van der Waals surface area contributed by atoms with Crippen LogP contribution in [0.3, 0.4) is 0 Å². The molecule has 0 fully saturated rings. The molecule has 0 radical (unpaired) electrons. The minimum absolute atomic E-state index is 0.0559. The van der Waals surface area contributed by atoms with Crippen LogP contribution in [0.15, 0.2) is 59.7 Å². The van der Waals surface area contributed by atoms with Crippen LogP contribution in [0.4, 0.5) is 10.1 Å². The maximum Gasteiger partial charge on any atom is 0.350 e. The number of nitriles is 1. The topological polar surface area (TPSA) is 171 Å². The summed E-state index contributed by atoms with van der Waals surface area (Å²) in [6, 6.07) is 12.5. The Bertz CT molecular complexity index is 1460. The lowest BCUT2D eigenvalue weighted by atomic mass is 10.00. The molecule has 176 valence electrons. The molecule has 0 saturated heterocycles. The van der Waals surface area contributed by atoms with Crippen molar-refractivity contribution in [2.24, 2.45) is 5.73 Å². The summed E-state index contributed by atoms with van der Waals surface area (Å²) in [5.74, 6) is -0.511. The van der Waals surface area contributed by atoms with Gasteiger partial charge in [0.15, 0.2) is 17.4 Å². The summed E-state index contributed by atoms with van der Waals surface area (Å²) in [6.07, 6.45) is 2.78. The molecular weight excluding hydrogens is 453 g/mol. The summed E-state index contributed by atoms with van der Waals surface area (Å²) in [5.41, 5.74) is 6.72. The molecule has 4 rings (SSSR count). The van der Waals surface area contributed by atoms with Gasteiger partial charge in [0.2, 0.25) is 0 Å². The molecule has 0 aliphatic rings. The fourth-order valence-electron chi connectivity index (χ4n) is 3.44. The standard InChI is InChI=1S/C23H20FN9O2/c1-35-17-12-15(11-14(7-8-25)18(17)24)19(30-16-5-3-13(4-6-16)20(26)27)21-31-23(34)33(32-21)22-28-9-2-10-29-22/h2-6,9-12,19,30H,7H2,1H3,(H3,26,27)(H,31,32,34). The fraction of sp³-hybridized carbons (Fsp3) is 0.130. The highest BCUT2D eigenvalue weighted by Crippen LogP contribution is 2.31. The second-order valence-corrected chi connectivity index (χ2v) is 7.38. The van der Waals surface area contributed by atoms with E-state index in [2.05, 4.69) is 25.4 Å². The van der Waals surface area contributed by atoms with Crippen LogP contribution in [0.1, 0.15) is 28.6 Å². The van der Waals surface area contributed by atoms with Crippen LogP contribution in [0, 0.1) is 22.6 Å². The number of nitrogens with one attached hydrogen (secondary N) is 3. The quantitative estimate of drug-likeness (QED) is 0.222. The van der Waals surface area contributed by atoms with Gasteiger partial charge in [0, 0.05) is 29.2 Å². The Morgan fingerprint density at radius 3 is 2.66 bits per heavy atom. The number of amidine groups is 1. The average molecular weight is 473 g/mol. The van der Waals surface area contributed by atoms with Crippen molar-refractivity contribution < 1.29 is 9.13 Å². The molecule has 0 amide bonds. The van der Waals surface area contributed by atoms with Gasteiger partial charge in [0.05, 0.1) is 19.6 Å². The van der Waals surface area contributed by atoms with Crippen molar-refractivity contribution in [1.82, 2.24) is 24.7 Å². The molecule has 2 aromatic carbocycles. The van der Waals surface area contributed by atoms with Gasteiger partial charge in [-0.3, -0.25) is 10.4 Å². The van der Waals surface area contributed by atoms with Crippen molar-refractivity contribution in [2.45, 2.75) is 12.5 Å². The summed E-state index contributed by atoms with van der Waals surface area (Å²) >= 11 is 0. The van der Waals surface area contributed by atoms with Crippen molar-refractivity contribution in [2.75, 3.05) is 12.4 Å². The monoisotopic (exact) mass is 473 g/mol. The Morgan fingerprint density at radius 1 is 1.31 bits per heavy atom. The highest BCUT2D eigenvalue weighted by molar-refractivity contribution is 5.95. The van der Waals surface area contributed by atoms with Gasteiger partial charge in [-0.15, -0.1) is 9.78 Å². The van der Waals surface area contributed by atoms with E-state index in [0.717, 1.165) is 4.68 Å². The van der Waals surface area contributed by atoms with Crippen LogP contribution in [0.2, 0.25) is 0 Å². The third-order valence-corrected chi connectivity index (χ3v) is 5.12. The fourth-order valence-corrected chi connectivity index (χ4v) is 3.44. The first-order chi connectivity index (χ1) is 16.9. The van der Waals surface area contributed by atoms with E-state index >= 15 is 0 Å². The van der Waals surface area contributed by atoms with Gasteiger partial charge in [-0.05, 0) is 48.0 Å². The van der Waals surface area contributed by atoms with Gasteiger partial charge in [-0.1, -0.05) is 0 Å². The number of ether oxygens (including phenoxy) is 1. The first kappa shape index (κ1) is 23.1. The Morgan fingerprint density at radius 2 is 2.03 bits per heavy atom. The third-order valence-electron chi connectivity index (χ3n) is 5.12. The number of anilines is 1. The second-order valence-electron chi connectivity index (χ2n) is 7.38. The normalized spacial score (nSPS) is 11.5. The summed E-state index contributed by atoms with van der Waals surface area (Å²) in [4.78, 5) is 23.5. The Balaban J connectivity index is 1.84. The highest BCUT2D eigenvalue weighted by atomic mass is 19.1. The third kappa shape index (κ3) is 4.83. The predicted molar refractivity (Wildman–Crippen MR) is 125 cm³/mol. The van der Waals surface area contributed by atoms with E-state index in [-0.39, 0.29) is 35.3 Å². The molecule has 12 heteroatoms. The van der Waals surface area contributed by atoms with Crippen LogP contribution < -0.4 is 21.5 Å². The smallest absolute Gasteiger partial charge is 0.350 e. The molecule has 11 nitrogen and oxygen atoms in total. The van der Waals surface area contributed by atoms with Crippen LogP contribution in [-0.4, -0.2) is 37.7 Å². The number of benzene rings is 2. The van der Waals surface area contributed by atoms with Gasteiger partial charge in [-0.25, -0.2) is 19.2 Å². The molecule has 0 saturated carbocycles. The minimum Gasteiger partial charge on any atom is -0.494 e. The number of nitrogens with two attached hydrogens (primary N) is 1. The van der Waals surface area contributed by atoms with Crippen LogP contribution in [0.5, 0.6) is 5.75 Å². The van der Waals surface area contributed by atoms with Gasteiger partial charge in [0.25, 0.3) is 5.95 Å². The number of halogens is 1. The lowest BCUT2D eigenvalue weighted by Gasteiger charge is -2.20. The first-order valence-corrected chi connectivity index (χ1v) is 10.3. The van der Waals surface area contributed by atoms with Crippen molar-refractivity contribution in [3.05, 3.63) is 93.7 Å². The van der Waals surface area contributed by atoms with E-state index in [1.165, 1.54) is 31.6 Å². The maximum absolute atomic E-state index is 14.7. The molecule has 0 aliphatic carbocycles. The molecular formula is C23H20FN9O2. The predicted octanol–water partition coefficient (Wildman–Crippen LogP) is 2.05. The number of nitrogens with zero attached hydrogens (tertiary/aromatic N) is 5. The van der Waals surface area contributed by atoms with E-state index in [9.17, 15) is 9.18 Å². The van der Waals surface area contributed by atoms with E-state index < -0.39 is 17.5 Å². The average Bonchev–Trinajstić information content (AvgIpc) is 3.26. The van der Waals surface area contributed by atoms with Gasteiger partial charge in [0.1, 0.15) is 11.9 Å². The number of nitrogen functional groups attached to an aromatic ring is 1. The number of rotatable bonds is 8. The molecule has 2 heterocycles. The number of hydrogen-bond acceptors (Lipinski definition) is 8. The molecule has 0 aliphatic heterocycles. The molecule has 0 bridgehead atoms. The number of aromatic nitrogens is 5. The largest absolute Gasteiger partial charge is 0.494 e. The van der Waals surface area contributed by atoms with Gasteiger partial charge < -0.3 is 15.8 Å². The molecule has 0 spiro atoms. The molecule has 2 aromatic heterocycles. The van der Waals surface area contributed by atoms with Gasteiger partial charge in [-0.2, -0.15) is 5.26 Å². The molecule has 35 heavy (non-hydrogen) atoms.